The van der Waals surface area contributed by atoms with Gasteiger partial charge in [0, 0.05) is 18.7 Å². The molecule has 1 unspecified atom stereocenters. The van der Waals surface area contributed by atoms with E-state index >= 15 is 0 Å². The van der Waals surface area contributed by atoms with Gasteiger partial charge in [0.05, 0.1) is 13.4 Å². The van der Waals surface area contributed by atoms with Crippen LogP contribution >= 0.6 is 0 Å². The highest BCUT2D eigenvalue weighted by Gasteiger charge is 2.27. The third kappa shape index (κ3) is 6.51. The van der Waals surface area contributed by atoms with E-state index in [2.05, 4.69) is 29.1 Å². The lowest BCUT2D eigenvalue weighted by Gasteiger charge is -2.30. The molecule has 7 nitrogen and oxygen atoms in total. The topological polar surface area (TPSA) is 92.9 Å². The Bertz CT molecular complexity index is 1150. The zero-order chi connectivity index (χ0) is 23.3. The fourth-order valence-electron chi connectivity index (χ4n) is 4.21. The smallest absolute Gasteiger partial charge is 0.261 e. The summed E-state index contributed by atoms with van der Waals surface area (Å²) in [6.07, 6.45) is 6.12. The van der Waals surface area contributed by atoms with Crippen molar-refractivity contribution >= 4 is 21.2 Å². The minimum absolute atomic E-state index is 0.0969. The Kier molecular flexibility index (Phi) is 7.86. The molecule has 0 spiro atoms. The normalized spacial score (nSPS) is 15.9. The van der Waals surface area contributed by atoms with Gasteiger partial charge in [-0.25, -0.2) is 9.37 Å². The first-order chi connectivity index (χ1) is 15.2. The molecule has 1 aromatic heterocycles. The second-order valence-corrected chi connectivity index (χ2v) is 9.60. The van der Waals surface area contributed by atoms with Crippen molar-refractivity contribution in [3.63, 3.8) is 0 Å². The van der Waals surface area contributed by atoms with Gasteiger partial charge in [0.2, 0.25) is 0 Å². The Labute approximate surface area is 188 Å². The van der Waals surface area contributed by atoms with E-state index in [-0.39, 0.29) is 11.7 Å². The number of likely N-dealkylation sites (N-methyl/N-ethyl adjacent to an activating group) is 1. The van der Waals surface area contributed by atoms with Crippen LogP contribution in [0.15, 0.2) is 41.1 Å². The maximum atomic E-state index is 14.6. The Morgan fingerprint density at radius 2 is 2.06 bits per heavy atom. The highest BCUT2D eigenvalue weighted by Crippen LogP contribution is 2.38. The maximum absolute atomic E-state index is 14.6. The van der Waals surface area contributed by atoms with Gasteiger partial charge in [0.1, 0.15) is 17.1 Å². The zero-order valence-corrected chi connectivity index (χ0v) is 19.4. The Morgan fingerprint density at radius 3 is 2.78 bits per heavy atom. The van der Waals surface area contributed by atoms with Crippen LogP contribution < -0.4 is 4.74 Å². The lowest BCUT2D eigenvalue weighted by Crippen LogP contribution is -2.29. The van der Waals surface area contributed by atoms with E-state index in [9.17, 15) is 12.8 Å². The Hall–Kier alpha value is -2.49. The summed E-state index contributed by atoms with van der Waals surface area (Å²) >= 11 is 0. The van der Waals surface area contributed by atoms with E-state index in [0.717, 1.165) is 66.7 Å². The molecule has 0 saturated carbocycles. The number of ether oxygens (including phenoxy) is 1. The molecular weight excluding hydrogens is 435 g/mol. The van der Waals surface area contributed by atoms with Gasteiger partial charge in [-0.2, -0.15) is 8.42 Å². The van der Waals surface area contributed by atoms with Gasteiger partial charge < -0.3 is 14.1 Å². The number of benzene rings is 2. The highest BCUT2D eigenvalue weighted by molar-refractivity contribution is 7.85. The molecular formula is C23H29FN2O5S. The average molecular weight is 465 g/mol. The number of hydrogen-bond donors (Lipinski definition) is 1. The van der Waals surface area contributed by atoms with Crippen LogP contribution in [0.3, 0.4) is 0 Å². The molecule has 174 valence electrons. The number of nitrogens with zero attached hydrogens (tertiary/aromatic N) is 2. The third-order valence-electron chi connectivity index (χ3n) is 5.58. The SMILES string of the molecule is COc1ccc(F)c2c1CCCC2CN(C)CCc1ccc2ocnc2c1.CS(=O)(=O)O. The molecule has 2 aromatic carbocycles. The number of methoxy groups -OCH3 is 1. The number of halogens is 1. The molecule has 1 heterocycles. The Balaban J connectivity index is 0.000000523. The minimum atomic E-state index is -3.67. The van der Waals surface area contributed by atoms with Crippen LogP contribution in [0.4, 0.5) is 4.39 Å². The molecule has 3 aromatic rings. The first-order valence-corrected chi connectivity index (χ1v) is 12.3. The molecule has 0 fully saturated rings. The summed E-state index contributed by atoms with van der Waals surface area (Å²) in [7, 11) is 0.107. The van der Waals surface area contributed by atoms with Gasteiger partial charge >= 0.3 is 0 Å². The lowest BCUT2D eigenvalue weighted by molar-refractivity contribution is 0.295. The van der Waals surface area contributed by atoms with E-state index in [1.54, 1.807) is 19.2 Å². The summed E-state index contributed by atoms with van der Waals surface area (Å²) < 4.78 is 51.2. The van der Waals surface area contributed by atoms with Crippen LogP contribution in [0, 0.1) is 5.82 Å². The Morgan fingerprint density at radius 1 is 1.31 bits per heavy atom. The maximum Gasteiger partial charge on any atom is 0.261 e. The zero-order valence-electron chi connectivity index (χ0n) is 18.5. The van der Waals surface area contributed by atoms with Gasteiger partial charge in [0.25, 0.3) is 10.1 Å². The van der Waals surface area contributed by atoms with Crippen molar-refractivity contribution in [3.8, 4) is 5.75 Å². The van der Waals surface area contributed by atoms with Crippen LogP contribution in [-0.4, -0.2) is 56.4 Å². The quantitative estimate of drug-likeness (QED) is 0.550. The number of oxazole rings is 1. The highest BCUT2D eigenvalue weighted by atomic mass is 32.2. The summed E-state index contributed by atoms with van der Waals surface area (Å²) in [5.41, 5.74) is 4.86. The predicted octanol–water partition coefficient (Wildman–Crippen LogP) is 4.07. The van der Waals surface area contributed by atoms with Crippen molar-refractivity contribution in [1.29, 1.82) is 0 Å². The minimum Gasteiger partial charge on any atom is -0.496 e. The van der Waals surface area contributed by atoms with Crippen LogP contribution in [0.2, 0.25) is 0 Å². The second-order valence-electron chi connectivity index (χ2n) is 8.13. The van der Waals surface area contributed by atoms with Gasteiger partial charge in [0.15, 0.2) is 12.0 Å². The molecule has 9 heteroatoms. The first-order valence-electron chi connectivity index (χ1n) is 10.4. The van der Waals surface area contributed by atoms with Gasteiger partial charge in [-0.1, -0.05) is 6.07 Å². The summed E-state index contributed by atoms with van der Waals surface area (Å²) in [6.45, 7) is 1.77. The molecule has 0 radical (unpaired) electrons. The molecule has 1 atom stereocenters. The summed E-state index contributed by atoms with van der Waals surface area (Å²) in [6, 6.07) is 9.43. The van der Waals surface area contributed by atoms with Crippen molar-refractivity contribution in [3.05, 3.63) is 59.2 Å². The number of aromatic nitrogens is 1. The molecule has 1 aliphatic carbocycles. The molecule has 4 rings (SSSR count). The summed E-state index contributed by atoms with van der Waals surface area (Å²) in [4.78, 5) is 6.51. The fraction of sp³-hybridized carbons (Fsp3) is 0.435. The van der Waals surface area contributed by atoms with E-state index < -0.39 is 10.1 Å². The van der Waals surface area contributed by atoms with Crippen molar-refractivity contribution in [2.75, 3.05) is 33.5 Å². The second kappa shape index (κ2) is 10.4. The van der Waals surface area contributed by atoms with Gasteiger partial charge in [-0.15, -0.1) is 0 Å². The predicted molar refractivity (Wildman–Crippen MR) is 121 cm³/mol. The molecule has 0 amide bonds. The lowest BCUT2D eigenvalue weighted by atomic mass is 9.81. The molecule has 1 aliphatic rings. The van der Waals surface area contributed by atoms with E-state index in [1.165, 1.54) is 12.0 Å². The number of rotatable bonds is 6. The number of fused-ring (bicyclic) bond motifs is 2. The first kappa shape index (κ1) is 24.2. The fourth-order valence-corrected chi connectivity index (χ4v) is 4.21. The van der Waals surface area contributed by atoms with Crippen LogP contribution in [0.5, 0.6) is 5.75 Å². The summed E-state index contributed by atoms with van der Waals surface area (Å²) in [5, 5.41) is 0. The summed E-state index contributed by atoms with van der Waals surface area (Å²) in [5.74, 6) is 0.937. The third-order valence-corrected chi connectivity index (χ3v) is 5.58. The standard InChI is InChI=1S/C22H25FN2O2.CH4O3S/c1-25(11-10-15-6-8-21-19(12-15)24-14-27-21)13-16-4-3-5-17-20(26-2)9-7-18(23)22(16)17;1-5(2,3)4/h6-9,12,14,16H,3-5,10-11,13H2,1-2H3;1H3,(H,2,3,4). The number of hydrogen-bond acceptors (Lipinski definition) is 6. The van der Waals surface area contributed by atoms with Crippen LogP contribution in [0.1, 0.15) is 35.4 Å². The van der Waals surface area contributed by atoms with Crippen molar-refractivity contribution < 1.29 is 26.5 Å². The van der Waals surface area contributed by atoms with Crippen molar-refractivity contribution in [1.82, 2.24) is 9.88 Å². The average Bonchev–Trinajstić information content (AvgIpc) is 3.19. The van der Waals surface area contributed by atoms with Crippen molar-refractivity contribution in [2.45, 2.75) is 31.6 Å². The van der Waals surface area contributed by atoms with E-state index in [0.29, 0.717) is 6.26 Å². The molecule has 32 heavy (non-hydrogen) atoms. The molecule has 1 N–H and O–H groups in total. The van der Waals surface area contributed by atoms with Crippen molar-refractivity contribution in [2.24, 2.45) is 0 Å². The largest absolute Gasteiger partial charge is 0.496 e. The molecule has 0 bridgehead atoms. The van der Waals surface area contributed by atoms with E-state index in [4.69, 9.17) is 13.7 Å². The van der Waals surface area contributed by atoms with Gasteiger partial charge in [-0.05, 0) is 74.0 Å². The monoisotopic (exact) mass is 464 g/mol. The van der Waals surface area contributed by atoms with Crippen LogP contribution in [0.25, 0.3) is 11.1 Å². The molecule has 0 saturated heterocycles. The van der Waals surface area contributed by atoms with E-state index in [1.807, 2.05) is 6.07 Å². The van der Waals surface area contributed by atoms with Gasteiger partial charge in [-0.3, -0.25) is 4.55 Å². The van der Waals surface area contributed by atoms with Crippen LogP contribution in [-0.2, 0) is 23.0 Å². The molecule has 0 aliphatic heterocycles.